The minimum atomic E-state index is -4.65. The quantitative estimate of drug-likeness (QED) is 0.0518. The largest absolute Gasteiger partial charge is 0.414 e. The predicted molar refractivity (Wildman–Crippen MR) is 210 cm³/mol. The summed E-state index contributed by atoms with van der Waals surface area (Å²) < 4.78 is 107. The predicted octanol–water partition coefficient (Wildman–Crippen LogP) is 7.54. The number of carbonyl (C=O) groups excluding carboxylic acids is 2. The molecular weight excluding hydrogens is 790 g/mol. The van der Waals surface area contributed by atoms with E-state index in [2.05, 4.69) is 29.7 Å². The van der Waals surface area contributed by atoms with E-state index < -0.39 is 85.1 Å². The molecule has 11 nitrogen and oxygen atoms in total. The van der Waals surface area contributed by atoms with Crippen molar-refractivity contribution >= 4 is 41.9 Å². The molecule has 5 atom stereocenters. The first-order valence-corrected chi connectivity index (χ1v) is 24.0. The number of benzene rings is 2. The SMILES string of the molecule is C[C@H](O[C@H](C)[C@H](NS(=O)C(C)(C)C)c1nc2cc([C@@H](COC3CC3)NCC(F)(F)CN3C(=O)c4ccccc4C3=O)ccc2n1COCC[Si](C)(C)C)C(F)(F)F. The number of carbonyl (C=O) groups is 2. The average molecular weight is 844 g/mol. The number of rotatable bonds is 20. The summed E-state index contributed by atoms with van der Waals surface area (Å²) >= 11 is 0. The second-order valence-corrected chi connectivity index (χ2v) is 24.7. The number of aromatic nitrogens is 2. The van der Waals surface area contributed by atoms with Crippen molar-refractivity contribution in [3.05, 3.63) is 65.0 Å². The molecular formula is C39H54F5N5O6SSi. The molecule has 1 saturated carbocycles. The monoisotopic (exact) mass is 843 g/mol. The Hall–Kier alpha value is -3.13. The first-order valence-electron chi connectivity index (χ1n) is 19.1. The lowest BCUT2D eigenvalue weighted by molar-refractivity contribution is -0.227. The number of hydrogen-bond acceptors (Lipinski definition) is 8. The van der Waals surface area contributed by atoms with Gasteiger partial charge < -0.3 is 24.1 Å². The number of hydrogen-bond donors (Lipinski definition) is 2. The van der Waals surface area contributed by atoms with Crippen molar-refractivity contribution in [1.82, 2.24) is 24.5 Å². The third-order valence-electron chi connectivity index (χ3n) is 9.74. The van der Waals surface area contributed by atoms with Crippen LogP contribution in [0.3, 0.4) is 0 Å². The van der Waals surface area contributed by atoms with Crippen LogP contribution in [-0.4, -0.2) is 100 Å². The van der Waals surface area contributed by atoms with Crippen molar-refractivity contribution < 1.29 is 50.0 Å². The van der Waals surface area contributed by atoms with E-state index in [1.54, 1.807) is 55.7 Å². The number of fused-ring (bicyclic) bond motifs is 2. The molecule has 0 saturated heterocycles. The second kappa shape index (κ2) is 17.6. The van der Waals surface area contributed by atoms with Crippen molar-refractivity contribution in [2.75, 3.05) is 26.3 Å². The van der Waals surface area contributed by atoms with Gasteiger partial charge in [-0.1, -0.05) is 37.8 Å². The highest BCUT2D eigenvalue weighted by Crippen LogP contribution is 2.33. The van der Waals surface area contributed by atoms with E-state index in [1.165, 1.54) is 19.1 Å². The smallest absolute Gasteiger partial charge is 0.376 e. The third-order valence-corrected chi connectivity index (χ3v) is 13.0. The van der Waals surface area contributed by atoms with E-state index in [-0.39, 0.29) is 36.4 Å². The number of nitrogens with one attached hydrogen (secondary N) is 2. The third kappa shape index (κ3) is 11.8. The number of ether oxygens (including phenoxy) is 3. The van der Waals surface area contributed by atoms with Gasteiger partial charge in [0.05, 0.1) is 75.8 Å². The minimum Gasteiger partial charge on any atom is -0.376 e. The summed E-state index contributed by atoms with van der Waals surface area (Å²) in [6.45, 7) is 12.6. The Labute approximate surface area is 334 Å². The lowest BCUT2D eigenvalue weighted by Crippen LogP contribution is -2.46. The molecule has 5 rings (SSSR count). The molecule has 0 spiro atoms. The average Bonchev–Trinajstić information content (AvgIpc) is 3.83. The zero-order valence-corrected chi connectivity index (χ0v) is 35.5. The maximum Gasteiger partial charge on any atom is 0.414 e. The van der Waals surface area contributed by atoms with E-state index in [4.69, 9.17) is 19.2 Å². The molecule has 1 aromatic heterocycles. The van der Waals surface area contributed by atoms with Crippen molar-refractivity contribution in [2.24, 2.45) is 0 Å². The number of alkyl halides is 5. The lowest BCUT2D eigenvalue weighted by Gasteiger charge is -2.30. The highest BCUT2D eigenvalue weighted by molar-refractivity contribution is 7.84. The summed E-state index contributed by atoms with van der Waals surface area (Å²) in [7, 11) is -3.25. The number of imidazole rings is 1. The van der Waals surface area contributed by atoms with Gasteiger partial charge in [-0.25, -0.2) is 22.7 Å². The molecule has 2 amide bonds. The first-order chi connectivity index (χ1) is 26.4. The van der Waals surface area contributed by atoms with Crippen LogP contribution in [0.1, 0.15) is 91.6 Å². The van der Waals surface area contributed by atoms with Crippen molar-refractivity contribution in [3.8, 4) is 0 Å². The first kappa shape index (κ1) is 45.0. The molecule has 2 aliphatic rings. The number of nitrogens with zero attached hydrogens (tertiary/aromatic N) is 3. The number of imide groups is 1. The van der Waals surface area contributed by atoms with Crippen LogP contribution in [0.2, 0.25) is 25.7 Å². The van der Waals surface area contributed by atoms with Crippen LogP contribution >= 0.6 is 0 Å². The summed E-state index contributed by atoms with van der Waals surface area (Å²) in [4.78, 5) is 31.1. The molecule has 1 unspecified atom stereocenters. The van der Waals surface area contributed by atoms with Crippen LogP contribution in [0.25, 0.3) is 11.0 Å². The van der Waals surface area contributed by atoms with Gasteiger partial charge in [-0.2, -0.15) is 13.2 Å². The fraction of sp³-hybridized carbons (Fsp3) is 0.615. The van der Waals surface area contributed by atoms with Crippen LogP contribution in [0.5, 0.6) is 0 Å². The van der Waals surface area contributed by atoms with Crippen molar-refractivity contribution in [2.45, 2.75) is 127 Å². The lowest BCUT2D eigenvalue weighted by atomic mass is 10.1. The second-order valence-electron chi connectivity index (χ2n) is 17.1. The maximum atomic E-state index is 15.6. The van der Waals surface area contributed by atoms with Gasteiger partial charge in [0.2, 0.25) is 0 Å². The Morgan fingerprint density at radius 3 is 2.18 bits per heavy atom. The maximum absolute atomic E-state index is 15.6. The Balaban J connectivity index is 1.47. The molecule has 57 heavy (non-hydrogen) atoms. The Morgan fingerprint density at radius 1 is 0.982 bits per heavy atom. The summed E-state index contributed by atoms with van der Waals surface area (Å²) in [6, 6.07) is 10.1. The van der Waals surface area contributed by atoms with Gasteiger partial charge in [0.15, 0.2) is 6.10 Å². The standard InChI is InChI=1S/C39H54F5N5O6SSi/c1-24(55-25(2)39(42,43)44)33(47-56(52)37(3,4)5)34-46-30-19-26(13-16-32(30)49(34)23-53-17-18-57(6,7)8)31(20-54-27-14-15-27)45-21-38(40,41)22-48-35(50)28-11-9-10-12-29(28)36(48)51/h9-13,16,19,24-25,27,31,33,45,47H,14-15,17-18,20-23H2,1-8H3/t24-,25+,31-,33+,56?/m1/s1. The molecule has 2 aromatic carbocycles. The molecule has 316 valence electrons. The van der Waals surface area contributed by atoms with Gasteiger partial charge in [0.1, 0.15) is 18.6 Å². The van der Waals surface area contributed by atoms with Crippen molar-refractivity contribution in [3.63, 3.8) is 0 Å². The van der Waals surface area contributed by atoms with E-state index in [0.717, 1.165) is 25.8 Å². The van der Waals surface area contributed by atoms with Crippen LogP contribution in [0.4, 0.5) is 22.0 Å². The van der Waals surface area contributed by atoms with Crippen LogP contribution < -0.4 is 10.0 Å². The van der Waals surface area contributed by atoms with E-state index in [0.29, 0.717) is 28.1 Å². The van der Waals surface area contributed by atoms with Gasteiger partial charge in [0, 0.05) is 14.7 Å². The molecule has 0 bridgehead atoms. The van der Waals surface area contributed by atoms with Gasteiger partial charge in [0.25, 0.3) is 17.7 Å². The molecule has 3 aromatic rings. The van der Waals surface area contributed by atoms with Crippen LogP contribution in [0, 0.1) is 0 Å². The van der Waals surface area contributed by atoms with Gasteiger partial charge in [-0.15, -0.1) is 0 Å². The van der Waals surface area contributed by atoms with E-state index in [1.807, 2.05) is 0 Å². The van der Waals surface area contributed by atoms with E-state index >= 15 is 8.78 Å². The zero-order chi connectivity index (χ0) is 42.1. The van der Waals surface area contributed by atoms with Crippen LogP contribution in [-0.2, 0) is 31.9 Å². The number of halogens is 5. The highest BCUT2D eigenvalue weighted by atomic mass is 32.2. The topological polar surface area (TPSA) is 124 Å². The zero-order valence-electron chi connectivity index (χ0n) is 33.7. The Morgan fingerprint density at radius 2 is 1.61 bits per heavy atom. The van der Waals surface area contributed by atoms with Gasteiger partial charge in [-0.3, -0.25) is 14.5 Å². The van der Waals surface area contributed by atoms with Gasteiger partial charge >= 0.3 is 6.18 Å². The molecule has 1 aliphatic carbocycles. The molecule has 0 radical (unpaired) electrons. The normalized spacial score (nSPS) is 18.2. The highest BCUT2D eigenvalue weighted by Gasteiger charge is 2.43. The summed E-state index contributed by atoms with van der Waals surface area (Å²) in [6.07, 6.45) is -6.29. The van der Waals surface area contributed by atoms with Gasteiger partial charge in [-0.05, 0) is 83.3 Å². The van der Waals surface area contributed by atoms with Crippen LogP contribution in [0.15, 0.2) is 42.5 Å². The summed E-state index contributed by atoms with van der Waals surface area (Å²) in [5.41, 5.74) is 1.62. The number of amides is 2. The molecule has 1 fully saturated rings. The summed E-state index contributed by atoms with van der Waals surface area (Å²) in [5.74, 6) is -4.85. The Bertz CT molecular complexity index is 1890. The minimum absolute atomic E-state index is 0.00731. The molecule has 2 heterocycles. The molecule has 2 N–H and O–H groups in total. The van der Waals surface area contributed by atoms with Crippen molar-refractivity contribution in [1.29, 1.82) is 0 Å². The molecule has 1 aliphatic heterocycles. The fourth-order valence-corrected chi connectivity index (χ4v) is 7.74. The Kier molecular flexibility index (Phi) is 13.9. The fourth-order valence-electron chi connectivity index (χ4n) is 6.10. The molecule has 18 heteroatoms. The van der Waals surface area contributed by atoms with E-state index in [9.17, 15) is 27.0 Å². The summed E-state index contributed by atoms with van der Waals surface area (Å²) in [5, 5.41) is 2.89.